The maximum atomic E-state index is 10.8. The summed E-state index contributed by atoms with van der Waals surface area (Å²) >= 11 is 0. The molecule has 1 rings (SSSR count). The van der Waals surface area contributed by atoms with Crippen molar-refractivity contribution in [1.29, 1.82) is 0 Å². The van der Waals surface area contributed by atoms with Crippen molar-refractivity contribution in [3.63, 3.8) is 0 Å². The lowest BCUT2D eigenvalue weighted by Crippen LogP contribution is -2.28. The van der Waals surface area contributed by atoms with Gasteiger partial charge in [0.2, 0.25) is 6.29 Å². The lowest BCUT2D eigenvalue weighted by atomic mass is 10.0. The van der Waals surface area contributed by atoms with Gasteiger partial charge in [0.15, 0.2) is 0 Å². The van der Waals surface area contributed by atoms with Crippen LogP contribution in [-0.4, -0.2) is 28.9 Å². The molecule has 90 valence electrons. The lowest BCUT2D eigenvalue weighted by molar-refractivity contribution is -0.195. The highest BCUT2D eigenvalue weighted by atomic mass is 17.0. The molecule has 0 aliphatic carbocycles. The number of esters is 1. The first-order chi connectivity index (χ1) is 7.09. The summed E-state index contributed by atoms with van der Waals surface area (Å²) in [6.45, 7) is 5.51. The van der Waals surface area contributed by atoms with Crippen LogP contribution in [0.15, 0.2) is 0 Å². The number of hydrogen-bond acceptors (Lipinski definition) is 5. The van der Waals surface area contributed by atoms with Crippen molar-refractivity contribution in [3.8, 4) is 0 Å². The van der Waals surface area contributed by atoms with Crippen LogP contribution < -0.4 is 0 Å². The fraction of sp³-hybridized carbons (Fsp3) is 0.900. The van der Waals surface area contributed by atoms with Crippen molar-refractivity contribution < 1.29 is 24.8 Å². The molecule has 3 unspecified atom stereocenters. The fourth-order valence-corrected chi connectivity index (χ4v) is 1.60. The van der Waals surface area contributed by atoms with E-state index in [-0.39, 0.29) is 18.4 Å². The van der Waals surface area contributed by atoms with Crippen LogP contribution in [0.3, 0.4) is 0 Å². The highest BCUT2D eigenvalue weighted by Gasteiger charge is 2.26. The number of ether oxygens (including phenoxy) is 2. The predicted octanol–water partition coefficient (Wildman–Crippen LogP) is 2.12. The first-order valence-electron chi connectivity index (χ1n) is 5.12. The van der Waals surface area contributed by atoms with Gasteiger partial charge < -0.3 is 9.47 Å². The predicted molar refractivity (Wildman–Crippen MR) is 54.4 cm³/mol. The summed E-state index contributed by atoms with van der Waals surface area (Å²) in [4.78, 5) is 10.8. The summed E-state index contributed by atoms with van der Waals surface area (Å²) in [5.74, 6) is 0.0554. The SMILES string of the molecule is CC(=O)OC1OC(C)CCCC1C.OO. The van der Waals surface area contributed by atoms with Gasteiger partial charge in [-0.2, -0.15) is 0 Å². The Balaban J connectivity index is 0.000000921. The Morgan fingerprint density at radius 2 is 1.93 bits per heavy atom. The summed E-state index contributed by atoms with van der Waals surface area (Å²) in [5.41, 5.74) is 0. The van der Waals surface area contributed by atoms with Crippen molar-refractivity contribution in [3.05, 3.63) is 0 Å². The Kier molecular flexibility index (Phi) is 7.29. The van der Waals surface area contributed by atoms with Crippen molar-refractivity contribution in [2.24, 2.45) is 5.92 Å². The molecule has 3 atom stereocenters. The van der Waals surface area contributed by atoms with Gasteiger partial charge in [0.1, 0.15) is 0 Å². The second-order valence-corrected chi connectivity index (χ2v) is 3.83. The van der Waals surface area contributed by atoms with E-state index < -0.39 is 0 Å². The molecule has 1 fully saturated rings. The first-order valence-corrected chi connectivity index (χ1v) is 5.12. The van der Waals surface area contributed by atoms with Gasteiger partial charge in [-0.05, 0) is 19.8 Å². The van der Waals surface area contributed by atoms with Crippen molar-refractivity contribution >= 4 is 5.97 Å². The Morgan fingerprint density at radius 1 is 1.33 bits per heavy atom. The number of carbonyl (C=O) groups excluding carboxylic acids is 1. The molecule has 0 aromatic carbocycles. The van der Waals surface area contributed by atoms with Gasteiger partial charge in [-0.1, -0.05) is 13.3 Å². The van der Waals surface area contributed by atoms with Crippen LogP contribution in [0, 0.1) is 5.92 Å². The van der Waals surface area contributed by atoms with Crippen LogP contribution in [0.4, 0.5) is 0 Å². The van der Waals surface area contributed by atoms with Crippen LogP contribution in [0.1, 0.15) is 40.0 Å². The summed E-state index contributed by atoms with van der Waals surface area (Å²) in [5, 5.41) is 12.0. The van der Waals surface area contributed by atoms with Gasteiger partial charge >= 0.3 is 5.97 Å². The molecule has 0 aromatic heterocycles. The number of rotatable bonds is 1. The zero-order valence-corrected chi connectivity index (χ0v) is 9.47. The Bertz CT molecular complexity index is 183. The van der Waals surface area contributed by atoms with E-state index in [1.165, 1.54) is 6.92 Å². The fourth-order valence-electron chi connectivity index (χ4n) is 1.60. The number of hydrogen-bond donors (Lipinski definition) is 2. The summed E-state index contributed by atoms with van der Waals surface area (Å²) < 4.78 is 10.7. The van der Waals surface area contributed by atoms with Crippen LogP contribution in [0.2, 0.25) is 0 Å². The van der Waals surface area contributed by atoms with Gasteiger partial charge in [-0.15, -0.1) is 0 Å². The smallest absolute Gasteiger partial charge is 0.304 e. The van der Waals surface area contributed by atoms with E-state index in [0.717, 1.165) is 19.3 Å². The molecule has 5 heteroatoms. The van der Waals surface area contributed by atoms with Crippen molar-refractivity contribution in [2.75, 3.05) is 0 Å². The maximum absolute atomic E-state index is 10.8. The van der Waals surface area contributed by atoms with Gasteiger partial charge in [-0.3, -0.25) is 15.3 Å². The first kappa shape index (κ1) is 14.3. The molecule has 1 saturated heterocycles. The van der Waals surface area contributed by atoms with E-state index in [1.807, 2.05) is 6.92 Å². The topological polar surface area (TPSA) is 76.0 Å². The molecule has 1 heterocycles. The van der Waals surface area contributed by atoms with E-state index in [2.05, 4.69) is 6.92 Å². The van der Waals surface area contributed by atoms with E-state index in [4.69, 9.17) is 20.0 Å². The average Bonchev–Trinajstić information content (AvgIpc) is 2.32. The van der Waals surface area contributed by atoms with E-state index in [0.29, 0.717) is 5.92 Å². The molecule has 0 aromatic rings. The lowest BCUT2D eigenvalue weighted by Gasteiger charge is -2.22. The molecule has 0 amide bonds. The minimum atomic E-state index is -0.338. The van der Waals surface area contributed by atoms with Crippen molar-refractivity contribution in [2.45, 2.75) is 52.4 Å². The highest BCUT2D eigenvalue weighted by Crippen LogP contribution is 2.24. The molecule has 0 bridgehead atoms. The third-order valence-electron chi connectivity index (χ3n) is 2.38. The summed E-state index contributed by atoms with van der Waals surface area (Å²) in [6, 6.07) is 0. The Labute approximate surface area is 89.9 Å². The molecule has 2 N–H and O–H groups in total. The zero-order chi connectivity index (χ0) is 11.8. The largest absolute Gasteiger partial charge is 0.436 e. The second-order valence-electron chi connectivity index (χ2n) is 3.83. The molecule has 5 nitrogen and oxygen atoms in total. The quantitative estimate of drug-likeness (QED) is 0.402. The minimum Gasteiger partial charge on any atom is -0.436 e. The molecular weight excluding hydrogens is 200 g/mol. The second kappa shape index (κ2) is 7.62. The molecule has 0 spiro atoms. The van der Waals surface area contributed by atoms with Crippen LogP contribution in [-0.2, 0) is 14.3 Å². The van der Waals surface area contributed by atoms with E-state index >= 15 is 0 Å². The van der Waals surface area contributed by atoms with Crippen molar-refractivity contribution in [1.82, 2.24) is 0 Å². The molecular formula is C10H20O5. The van der Waals surface area contributed by atoms with Gasteiger partial charge in [-0.25, -0.2) is 0 Å². The van der Waals surface area contributed by atoms with E-state index in [1.54, 1.807) is 0 Å². The van der Waals surface area contributed by atoms with Gasteiger partial charge in [0.25, 0.3) is 0 Å². The van der Waals surface area contributed by atoms with Gasteiger partial charge in [0.05, 0.1) is 6.10 Å². The molecule has 1 aliphatic heterocycles. The molecule has 0 radical (unpaired) electrons. The van der Waals surface area contributed by atoms with Crippen LogP contribution in [0.25, 0.3) is 0 Å². The van der Waals surface area contributed by atoms with Crippen LogP contribution in [0.5, 0.6) is 0 Å². The standard InChI is InChI=1S/C10H18O3.H2O2/c1-7-5-4-6-8(2)12-10(7)13-9(3)11;1-2/h7-8,10H,4-6H2,1-3H3;1-2H. The molecule has 0 saturated carbocycles. The Hall–Kier alpha value is -0.650. The molecule has 15 heavy (non-hydrogen) atoms. The molecule has 1 aliphatic rings. The number of carbonyl (C=O) groups is 1. The normalized spacial score (nSPS) is 30.9. The maximum Gasteiger partial charge on any atom is 0.304 e. The summed E-state index contributed by atoms with van der Waals surface area (Å²) in [7, 11) is 0. The van der Waals surface area contributed by atoms with Gasteiger partial charge in [0, 0.05) is 12.8 Å². The summed E-state index contributed by atoms with van der Waals surface area (Å²) in [6.07, 6.45) is 3.15. The third-order valence-corrected chi connectivity index (χ3v) is 2.38. The third kappa shape index (κ3) is 5.71. The Morgan fingerprint density at radius 3 is 2.47 bits per heavy atom. The highest BCUT2D eigenvalue weighted by molar-refractivity contribution is 5.66. The van der Waals surface area contributed by atoms with Crippen LogP contribution >= 0.6 is 0 Å². The average molecular weight is 220 g/mol. The zero-order valence-electron chi connectivity index (χ0n) is 9.47. The monoisotopic (exact) mass is 220 g/mol. The minimum absolute atomic E-state index is 0.203. The van der Waals surface area contributed by atoms with E-state index in [9.17, 15) is 4.79 Å².